The SMILES string of the molecule is CCCCN(CC)C1CS(=O)(=O)CC1O. The molecule has 0 spiro atoms. The molecule has 0 aromatic carbocycles. The number of rotatable bonds is 5. The largest absolute Gasteiger partial charge is 0.390 e. The molecule has 1 heterocycles. The van der Waals surface area contributed by atoms with Gasteiger partial charge in [-0.25, -0.2) is 8.42 Å². The highest BCUT2D eigenvalue weighted by atomic mass is 32.2. The molecular weight excluding hydrogens is 214 g/mol. The standard InChI is InChI=1S/C10H21NO3S/c1-3-5-6-11(4-2)9-7-15(13,14)8-10(9)12/h9-10,12H,3-8H2,1-2H3. The molecule has 0 aliphatic carbocycles. The van der Waals surface area contributed by atoms with Gasteiger partial charge in [0.25, 0.3) is 0 Å². The van der Waals surface area contributed by atoms with Crippen molar-refractivity contribution in [3.63, 3.8) is 0 Å². The third-order valence-electron chi connectivity index (χ3n) is 2.97. The molecule has 0 aromatic heterocycles. The lowest BCUT2D eigenvalue weighted by molar-refractivity contribution is 0.0856. The summed E-state index contributed by atoms with van der Waals surface area (Å²) in [6.07, 6.45) is 1.44. The van der Waals surface area contributed by atoms with E-state index >= 15 is 0 Å². The van der Waals surface area contributed by atoms with Crippen LogP contribution >= 0.6 is 0 Å². The van der Waals surface area contributed by atoms with Gasteiger partial charge < -0.3 is 5.11 Å². The smallest absolute Gasteiger partial charge is 0.154 e. The Balaban J connectivity index is 2.61. The molecule has 0 amide bonds. The van der Waals surface area contributed by atoms with Crippen LogP contribution in [0, 0.1) is 0 Å². The first-order chi connectivity index (χ1) is 7.00. The van der Waals surface area contributed by atoms with E-state index in [0.717, 1.165) is 25.9 Å². The molecule has 1 rings (SSSR count). The molecule has 5 heteroatoms. The molecule has 0 saturated carbocycles. The third kappa shape index (κ3) is 3.43. The van der Waals surface area contributed by atoms with Crippen molar-refractivity contribution in [1.82, 2.24) is 4.90 Å². The first-order valence-electron chi connectivity index (χ1n) is 5.62. The van der Waals surface area contributed by atoms with Crippen LogP contribution in [0.1, 0.15) is 26.7 Å². The van der Waals surface area contributed by atoms with Crippen LogP contribution in [0.2, 0.25) is 0 Å². The van der Waals surface area contributed by atoms with E-state index in [9.17, 15) is 13.5 Å². The summed E-state index contributed by atoms with van der Waals surface area (Å²) in [4.78, 5) is 2.08. The molecule has 90 valence electrons. The van der Waals surface area contributed by atoms with Crippen LogP contribution in [0.4, 0.5) is 0 Å². The molecule has 15 heavy (non-hydrogen) atoms. The highest BCUT2D eigenvalue weighted by molar-refractivity contribution is 7.91. The number of likely N-dealkylation sites (N-methyl/N-ethyl adjacent to an activating group) is 1. The summed E-state index contributed by atoms with van der Waals surface area (Å²) in [6.45, 7) is 5.80. The molecule has 1 N–H and O–H groups in total. The van der Waals surface area contributed by atoms with E-state index in [1.807, 2.05) is 6.92 Å². The lowest BCUT2D eigenvalue weighted by Crippen LogP contribution is -2.43. The minimum Gasteiger partial charge on any atom is -0.390 e. The van der Waals surface area contributed by atoms with Crippen LogP contribution in [-0.4, -0.2) is 55.2 Å². The molecule has 0 bridgehead atoms. The molecule has 2 atom stereocenters. The second kappa shape index (κ2) is 5.27. The number of hydrogen-bond acceptors (Lipinski definition) is 4. The maximum absolute atomic E-state index is 11.4. The Hall–Kier alpha value is -0.130. The summed E-state index contributed by atoms with van der Waals surface area (Å²) in [5, 5.41) is 9.70. The van der Waals surface area contributed by atoms with Crippen LogP contribution in [0.15, 0.2) is 0 Å². The van der Waals surface area contributed by atoms with Crippen LogP contribution in [0.25, 0.3) is 0 Å². The first kappa shape index (κ1) is 12.9. The van der Waals surface area contributed by atoms with Gasteiger partial charge in [-0.1, -0.05) is 20.3 Å². The molecule has 1 saturated heterocycles. The number of unbranched alkanes of at least 4 members (excludes halogenated alkanes) is 1. The van der Waals surface area contributed by atoms with Crippen molar-refractivity contribution >= 4 is 9.84 Å². The Labute approximate surface area is 92.2 Å². The van der Waals surface area contributed by atoms with Crippen molar-refractivity contribution in [3.8, 4) is 0 Å². The number of nitrogens with zero attached hydrogens (tertiary/aromatic N) is 1. The number of sulfone groups is 1. The molecular formula is C10H21NO3S. The van der Waals surface area contributed by atoms with E-state index in [1.54, 1.807) is 0 Å². The summed E-state index contributed by atoms with van der Waals surface area (Å²) < 4.78 is 22.7. The fraction of sp³-hybridized carbons (Fsp3) is 1.00. The van der Waals surface area contributed by atoms with Crippen LogP contribution in [0.5, 0.6) is 0 Å². The van der Waals surface area contributed by atoms with Crippen molar-refractivity contribution in [3.05, 3.63) is 0 Å². The summed E-state index contributed by atoms with van der Waals surface area (Å²) >= 11 is 0. The van der Waals surface area contributed by atoms with Gasteiger partial charge in [0.05, 0.1) is 23.7 Å². The Kier molecular flexibility index (Phi) is 4.55. The van der Waals surface area contributed by atoms with Crippen molar-refractivity contribution in [1.29, 1.82) is 0 Å². The van der Waals surface area contributed by atoms with Crippen molar-refractivity contribution in [2.24, 2.45) is 0 Å². The van der Waals surface area contributed by atoms with E-state index < -0.39 is 15.9 Å². The minimum absolute atomic E-state index is 0.0692. The monoisotopic (exact) mass is 235 g/mol. The summed E-state index contributed by atoms with van der Waals surface area (Å²) in [5.74, 6) is 0.0476. The van der Waals surface area contributed by atoms with Gasteiger partial charge in [0, 0.05) is 0 Å². The van der Waals surface area contributed by atoms with Crippen molar-refractivity contribution < 1.29 is 13.5 Å². The van der Waals surface area contributed by atoms with Crippen LogP contribution < -0.4 is 0 Å². The molecule has 0 radical (unpaired) electrons. The molecule has 4 nitrogen and oxygen atoms in total. The molecule has 2 unspecified atom stereocenters. The highest BCUT2D eigenvalue weighted by Crippen LogP contribution is 2.18. The number of aliphatic hydroxyl groups excluding tert-OH is 1. The summed E-state index contributed by atoms with van der Waals surface area (Å²) in [6, 6.07) is -0.188. The zero-order valence-electron chi connectivity index (χ0n) is 9.52. The Morgan fingerprint density at radius 2 is 2.00 bits per heavy atom. The number of aliphatic hydroxyl groups is 1. The average Bonchev–Trinajstić information content (AvgIpc) is 2.42. The van der Waals surface area contributed by atoms with Gasteiger partial charge in [-0.15, -0.1) is 0 Å². The number of hydrogen-bond donors (Lipinski definition) is 1. The van der Waals surface area contributed by atoms with E-state index in [1.165, 1.54) is 0 Å². The molecule has 1 aliphatic rings. The Morgan fingerprint density at radius 1 is 1.33 bits per heavy atom. The fourth-order valence-corrected chi connectivity index (χ4v) is 3.91. The van der Waals surface area contributed by atoms with E-state index in [-0.39, 0.29) is 17.5 Å². The Bertz CT molecular complexity index is 289. The van der Waals surface area contributed by atoms with Crippen LogP contribution in [0.3, 0.4) is 0 Å². The highest BCUT2D eigenvalue weighted by Gasteiger charge is 2.39. The second-order valence-corrected chi connectivity index (χ2v) is 6.35. The minimum atomic E-state index is -3.02. The molecule has 1 fully saturated rings. The zero-order valence-corrected chi connectivity index (χ0v) is 10.3. The van der Waals surface area contributed by atoms with Crippen molar-refractivity contribution in [2.75, 3.05) is 24.6 Å². The maximum atomic E-state index is 11.4. The Morgan fingerprint density at radius 3 is 2.40 bits per heavy atom. The van der Waals surface area contributed by atoms with E-state index in [4.69, 9.17) is 0 Å². The van der Waals surface area contributed by atoms with E-state index in [0.29, 0.717) is 0 Å². The summed E-state index contributed by atoms with van der Waals surface area (Å²) in [7, 11) is -3.02. The van der Waals surface area contributed by atoms with E-state index in [2.05, 4.69) is 11.8 Å². The van der Waals surface area contributed by atoms with Gasteiger partial charge in [-0.3, -0.25) is 4.90 Å². The van der Waals surface area contributed by atoms with Gasteiger partial charge in [0.2, 0.25) is 0 Å². The van der Waals surface area contributed by atoms with Gasteiger partial charge >= 0.3 is 0 Å². The quantitative estimate of drug-likeness (QED) is 0.743. The average molecular weight is 235 g/mol. The van der Waals surface area contributed by atoms with Gasteiger partial charge in [0.1, 0.15) is 0 Å². The third-order valence-corrected chi connectivity index (χ3v) is 4.67. The zero-order chi connectivity index (χ0) is 11.5. The van der Waals surface area contributed by atoms with Gasteiger partial charge in [-0.05, 0) is 19.5 Å². The van der Waals surface area contributed by atoms with Crippen molar-refractivity contribution in [2.45, 2.75) is 38.8 Å². The normalized spacial score (nSPS) is 29.9. The predicted octanol–water partition coefficient (Wildman–Crippen LogP) is 0.266. The topological polar surface area (TPSA) is 57.6 Å². The van der Waals surface area contributed by atoms with Crippen LogP contribution in [-0.2, 0) is 9.84 Å². The van der Waals surface area contributed by atoms with Gasteiger partial charge in [0.15, 0.2) is 9.84 Å². The molecule has 1 aliphatic heterocycles. The lowest BCUT2D eigenvalue weighted by atomic mass is 10.1. The van der Waals surface area contributed by atoms with Gasteiger partial charge in [-0.2, -0.15) is 0 Å². The lowest BCUT2D eigenvalue weighted by Gasteiger charge is -2.28. The summed E-state index contributed by atoms with van der Waals surface area (Å²) in [5.41, 5.74) is 0. The first-order valence-corrected chi connectivity index (χ1v) is 7.44. The molecule has 0 aromatic rings. The maximum Gasteiger partial charge on any atom is 0.154 e. The second-order valence-electron chi connectivity index (χ2n) is 4.19. The predicted molar refractivity (Wildman–Crippen MR) is 60.6 cm³/mol. The fourth-order valence-electron chi connectivity index (χ4n) is 2.08.